The summed E-state index contributed by atoms with van der Waals surface area (Å²) in [6.07, 6.45) is 1.98. The van der Waals surface area contributed by atoms with E-state index in [9.17, 15) is 9.59 Å². The molecule has 1 N–H and O–H groups in total. The third-order valence-electron chi connectivity index (χ3n) is 4.82. The topological polar surface area (TPSA) is 78.2 Å². The van der Waals surface area contributed by atoms with Crippen molar-refractivity contribution in [2.45, 2.75) is 25.5 Å². The summed E-state index contributed by atoms with van der Waals surface area (Å²) in [5.74, 6) is 0.174. The number of aromatic nitrogens is 3. The molecular weight excluding hydrogens is 392 g/mol. The number of carbonyl (C=O) groups excluding carboxylic acids is 1. The molecule has 0 unspecified atom stereocenters. The fraction of sp³-hybridized carbons (Fsp3) is 0.286. The highest BCUT2D eigenvalue weighted by atomic mass is 35.5. The number of hydrogen-bond acceptors (Lipinski definition) is 4. The Hall–Kier alpha value is -2.90. The molecule has 1 saturated heterocycles. The molecule has 2 aromatic carbocycles. The third-order valence-corrected chi connectivity index (χ3v) is 5.07. The van der Waals surface area contributed by atoms with Crippen LogP contribution < -0.4 is 11.0 Å². The van der Waals surface area contributed by atoms with Crippen LogP contribution in [0.5, 0.6) is 0 Å². The van der Waals surface area contributed by atoms with Crippen molar-refractivity contribution in [2.24, 2.45) is 0 Å². The minimum atomic E-state index is -0.390. The van der Waals surface area contributed by atoms with E-state index in [1.807, 2.05) is 30.3 Å². The molecule has 1 fully saturated rings. The van der Waals surface area contributed by atoms with Crippen molar-refractivity contribution < 1.29 is 9.53 Å². The molecule has 1 aromatic heterocycles. The average molecular weight is 413 g/mol. The summed E-state index contributed by atoms with van der Waals surface area (Å²) in [5.41, 5.74) is 0.942. The van der Waals surface area contributed by atoms with Gasteiger partial charge in [0.2, 0.25) is 5.91 Å². The first-order valence-electron chi connectivity index (χ1n) is 9.51. The van der Waals surface area contributed by atoms with Crippen molar-refractivity contribution in [3.05, 3.63) is 70.1 Å². The number of nitrogens with zero attached hydrogens (tertiary/aromatic N) is 3. The summed E-state index contributed by atoms with van der Waals surface area (Å²) in [6.45, 7) is 1.05. The fourth-order valence-corrected chi connectivity index (χ4v) is 3.45. The van der Waals surface area contributed by atoms with Crippen LogP contribution in [0, 0.1) is 0 Å². The van der Waals surface area contributed by atoms with Crippen molar-refractivity contribution in [1.29, 1.82) is 0 Å². The molecule has 0 spiro atoms. The van der Waals surface area contributed by atoms with Crippen molar-refractivity contribution >= 4 is 17.5 Å². The van der Waals surface area contributed by atoms with Crippen LogP contribution in [0.15, 0.2) is 59.4 Å². The Morgan fingerprint density at radius 3 is 2.62 bits per heavy atom. The summed E-state index contributed by atoms with van der Waals surface area (Å²) in [7, 11) is 0. The van der Waals surface area contributed by atoms with Crippen molar-refractivity contribution in [2.75, 3.05) is 13.2 Å². The molecule has 0 bridgehead atoms. The number of benzene rings is 2. The van der Waals surface area contributed by atoms with E-state index < -0.39 is 5.69 Å². The standard InChI is InChI=1S/C21H21ClN4O3/c22-16-8-10-17(11-9-16)26-21(28)25(20(24-26)15-5-2-1-3-6-15)14-19(27)23-13-18-7-4-12-29-18/h1-3,5-6,8-11,18H,4,7,12-14H2,(H,23,27)/t18-/m1/s1. The van der Waals surface area contributed by atoms with E-state index in [2.05, 4.69) is 10.4 Å². The number of rotatable bonds is 6. The highest BCUT2D eigenvalue weighted by Gasteiger charge is 2.20. The Bertz CT molecular complexity index is 1040. The molecule has 1 atom stereocenters. The molecule has 1 amide bonds. The van der Waals surface area contributed by atoms with Gasteiger partial charge in [0, 0.05) is 23.7 Å². The molecule has 0 aliphatic carbocycles. The van der Waals surface area contributed by atoms with Gasteiger partial charge in [0.05, 0.1) is 11.8 Å². The van der Waals surface area contributed by atoms with Crippen LogP contribution in [-0.4, -0.2) is 39.5 Å². The van der Waals surface area contributed by atoms with Crippen LogP contribution in [-0.2, 0) is 16.1 Å². The van der Waals surface area contributed by atoms with Crippen LogP contribution >= 0.6 is 11.6 Å². The first kappa shape index (κ1) is 19.4. The number of carbonyl (C=O) groups is 1. The van der Waals surface area contributed by atoms with Gasteiger partial charge in [-0.25, -0.2) is 4.79 Å². The monoisotopic (exact) mass is 412 g/mol. The molecule has 1 aliphatic heterocycles. The van der Waals surface area contributed by atoms with E-state index in [4.69, 9.17) is 16.3 Å². The number of halogens is 1. The SMILES string of the molecule is O=C(Cn1c(-c2ccccc2)nn(-c2ccc(Cl)cc2)c1=O)NC[C@H]1CCCO1. The van der Waals surface area contributed by atoms with E-state index in [-0.39, 0.29) is 18.6 Å². The zero-order valence-corrected chi connectivity index (χ0v) is 16.5. The second-order valence-electron chi connectivity index (χ2n) is 6.89. The zero-order valence-electron chi connectivity index (χ0n) is 15.8. The van der Waals surface area contributed by atoms with Gasteiger partial charge >= 0.3 is 5.69 Å². The third kappa shape index (κ3) is 4.41. The van der Waals surface area contributed by atoms with Crippen molar-refractivity contribution in [3.8, 4) is 17.1 Å². The number of hydrogen-bond donors (Lipinski definition) is 1. The zero-order chi connectivity index (χ0) is 20.2. The van der Waals surface area contributed by atoms with Gasteiger partial charge in [0.15, 0.2) is 5.82 Å². The van der Waals surface area contributed by atoms with Crippen molar-refractivity contribution in [1.82, 2.24) is 19.7 Å². The van der Waals surface area contributed by atoms with Gasteiger partial charge in [-0.3, -0.25) is 9.36 Å². The van der Waals surface area contributed by atoms with Gasteiger partial charge in [0.25, 0.3) is 0 Å². The maximum Gasteiger partial charge on any atom is 0.351 e. The second-order valence-corrected chi connectivity index (χ2v) is 7.32. The van der Waals surface area contributed by atoms with Crippen molar-refractivity contribution in [3.63, 3.8) is 0 Å². The molecule has 4 rings (SSSR count). The Morgan fingerprint density at radius 2 is 1.93 bits per heavy atom. The van der Waals surface area contributed by atoms with Crippen LogP contribution in [0.1, 0.15) is 12.8 Å². The van der Waals surface area contributed by atoms with Crippen LogP contribution in [0.2, 0.25) is 5.02 Å². The highest BCUT2D eigenvalue weighted by molar-refractivity contribution is 6.30. The molecule has 29 heavy (non-hydrogen) atoms. The minimum Gasteiger partial charge on any atom is -0.376 e. The van der Waals surface area contributed by atoms with E-state index in [1.165, 1.54) is 9.25 Å². The van der Waals surface area contributed by atoms with Crippen LogP contribution in [0.3, 0.4) is 0 Å². The quantitative estimate of drug-likeness (QED) is 0.675. The van der Waals surface area contributed by atoms with Crippen LogP contribution in [0.4, 0.5) is 0 Å². The Kier molecular flexibility index (Phi) is 5.78. The summed E-state index contributed by atoms with van der Waals surface area (Å²) < 4.78 is 8.20. The lowest BCUT2D eigenvalue weighted by Gasteiger charge is -2.11. The molecule has 7 nitrogen and oxygen atoms in total. The number of ether oxygens (including phenoxy) is 1. The minimum absolute atomic E-state index is 0.0426. The van der Waals surface area contributed by atoms with Gasteiger partial charge in [-0.2, -0.15) is 4.68 Å². The normalized spacial score (nSPS) is 16.1. The van der Waals surface area contributed by atoms with E-state index in [0.717, 1.165) is 25.0 Å². The summed E-state index contributed by atoms with van der Waals surface area (Å²) in [6, 6.07) is 16.1. The Labute approximate surface area is 172 Å². The molecule has 8 heteroatoms. The lowest BCUT2D eigenvalue weighted by Crippen LogP contribution is -2.37. The average Bonchev–Trinajstić information content (AvgIpc) is 3.37. The lowest BCUT2D eigenvalue weighted by molar-refractivity contribution is -0.122. The summed E-state index contributed by atoms with van der Waals surface area (Å²) in [5, 5.41) is 7.91. The van der Waals surface area contributed by atoms with Gasteiger partial charge in [0.1, 0.15) is 6.54 Å². The Morgan fingerprint density at radius 1 is 1.17 bits per heavy atom. The molecule has 0 saturated carbocycles. The molecule has 0 radical (unpaired) electrons. The largest absolute Gasteiger partial charge is 0.376 e. The molecule has 1 aliphatic rings. The van der Waals surface area contributed by atoms with Gasteiger partial charge in [-0.05, 0) is 37.1 Å². The molecule has 2 heterocycles. The predicted molar refractivity (Wildman–Crippen MR) is 110 cm³/mol. The Balaban J connectivity index is 1.64. The maximum absolute atomic E-state index is 13.1. The number of nitrogens with one attached hydrogen (secondary N) is 1. The molecule has 3 aromatic rings. The first-order chi connectivity index (χ1) is 14.1. The van der Waals surface area contributed by atoms with E-state index in [1.54, 1.807) is 24.3 Å². The van der Waals surface area contributed by atoms with Gasteiger partial charge in [-0.1, -0.05) is 41.9 Å². The van der Waals surface area contributed by atoms with Gasteiger partial charge in [-0.15, -0.1) is 5.10 Å². The van der Waals surface area contributed by atoms with E-state index in [0.29, 0.717) is 23.1 Å². The number of amides is 1. The second kappa shape index (κ2) is 8.63. The smallest absolute Gasteiger partial charge is 0.351 e. The lowest BCUT2D eigenvalue weighted by atomic mass is 10.2. The first-order valence-corrected chi connectivity index (χ1v) is 9.89. The highest BCUT2D eigenvalue weighted by Crippen LogP contribution is 2.18. The van der Waals surface area contributed by atoms with Crippen LogP contribution in [0.25, 0.3) is 17.1 Å². The summed E-state index contributed by atoms with van der Waals surface area (Å²) >= 11 is 5.95. The predicted octanol–water partition coefficient (Wildman–Crippen LogP) is 2.65. The molecule has 150 valence electrons. The summed E-state index contributed by atoms with van der Waals surface area (Å²) in [4.78, 5) is 25.6. The molecular formula is C21H21ClN4O3. The maximum atomic E-state index is 13.1. The van der Waals surface area contributed by atoms with Gasteiger partial charge < -0.3 is 10.1 Å². The fourth-order valence-electron chi connectivity index (χ4n) is 3.32. The van der Waals surface area contributed by atoms with E-state index >= 15 is 0 Å².